The van der Waals surface area contributed by atoms with Crippen molar-refractivity contribution in [2.24, 2.45) is 5.92 Å². The Balaban J connectivity index is 1.99. The lowest BCUT2D eigenvalue weighted by molar-refractivity contribution is -0.147. The van der Waals surface area contributed by atoms with Crippen molar-refractivity contribution in [3.8, 4) is 0 Å². The Morgan fingerprint density at radius 1 is 1.75 bits per heavy atom. The second-order valence-electron chi connectivity index (χ2n) is 4.20. The van der Waals surface area contributed by atoms with Crippen molar-refractivity contribution in [3.63, 3.8) is 0 Å². The van der Waals surface area contributed by atoms with Gasteiger partial charge in [0.2, 0.25) is 0 Å². The van der Waals surface area contributed by atoms with Crippen molar-refractivity contribution in [2.75, 3.05) is 14.2 Å². The van der Waals surface area contributed by atoms with Crippen LogP contribution in [-0.4, -0.2) is 36.1 Å². The molecule has 1 heterocycles. The van der Waals surface area contributed by atoms with Crippen molar-refractivity contribution >= 4 is 17.3 Å². The molecule has 0 N–H and O–H groups in total. The lowest BCUT2D eigenvalue weighted by Crippen LogP contribution is -2.40. The van der Waals surface area contributed by atoms with Crippen LogP contribution in [0.25, 0.3) is 0 Å². The van der Waals surface area contributed by atoms with Gasteiger partial charge in [-0.3, -0.25) is 9.69 Å². The molecule has 1 aliphatic carbocycles. The highest BCUT2D eigenvalue weighted by Gasteiger charge is 2.39. The standard InChI is InChI=1S/C11H16N2O2S/c1-13(5-9-6-16-7-12-9)10(8-3-4-8)11(14)15-2/h6-8,10H,3-5H2,1-2H3. The Morgan fingerprint density at radius 3 is 3.00 bits per heavy atom. The Kier molecular flexibility index (Phi) is 3.56. The molecule has 5 heteroatoms. The molecular weight excluding hydrogens is 224 g/mol. The van der Waals surface area contributed by atoms with Gasteiger partial charge in [0.25, 0.3) is 0 Å². The minimum atomic E-state index is -0.125. The van der Waals surface area contributed by atoms with E-state index in [1.54, 1.807) is 11.3 Å². The molecule has 0 radical (unpaired) electrons. The van der Waals surface area contributed by atoms with E-state index in [0.29, 0.717) is 12.5 Å². The van der Waals surface area contributed by atoms with Gasteiger partial charge in [0.05, 0.1) is 18.3 Å². The van der Waals surface area contributed by atoms with Crippen molar-refractivity contribution in [1.29, 1.82) is 0 Å². The topological polar surface area (TPSA) is 42.4 Å². The summed E-state index contributed by atoms with van der Waals surface area (Å²) in [4.78, 5) is 18.0. The fourth-order valence-corrected chi connectivity index (χ4v) is 2.48. The Labute approximate surface area is 99.2 Å². The van der Waals surface area contributed by atoms with Crippen molar-refractivity contribution < 1.29 is 9.53 Å². The number of methoxy groups -OCH3 is 1. The van der Waals surface area contributed by atoms with Crippen LogP contribution in [0.4, 0.5) is 0 Å². The number of carbonyl (C=O) groups is 1. The van der Waals surface area contributed by atoms with Crippen molar-refractivity contribution in [2.45, 2.75) is 25.4 Å². The van der Waals surface area contributed by atoms with Gasteiger partial charge in [-0.25, -0.2) is 4.98 Å². The summed E-state index contributed by atoms with van der Waals surface area (Å²) in [5, 5.41) is 2.01. The van der Waals surface area contributed by atoms with Gasteiger partial charge in [-0.2, -0.15) is 0 Å². The van der Waals surface area contributed by atoms with E-state index in [4.69, 9.17) is 4.74 Å². The molecule has 16 heavy (non-hydrogen) atoms. The van der Waals surface area contributed by atoms with Crippen LogP contribution >= 0.6 is 11.3 Å². The van der Waals surface area contributed by atoms with Crippen LogP contribution in [0.5, 0.6) is 0 Å². The summed E-state index contributed by atoms with van der Waals surface area (Å²) in [5.74, 6) is 0.344. The van der Waals surface area contributed by atoms with Crippen LogP contribution in [0.2, 0.25) is 0 Å². The van der Waals surface area contributed by atoms with Gasteiger partial charge in [-0.15, -0.1) is 11.3 Å². The SMILES string of the molecule is COC(=O)C(C1CC1)N(C)Cc1cscn1. The molecule has 88 valence electrons. The molecule has 0 aromatic carbocycles. The summed E-state index contributed by atoms with van der Waals surface area (Å²) in [7, 11) is 3.41. The number of rotatable bonds is 5. The first kappa shape index (κ1) is 11.5. The summed E-state index contributed by atoms with van der Waals surface area (Å²) in [6.45, 7) is 0.708. The number of carbonyl (C=O) groups excluding carboxylic acids is 1. The minimum Gasteiger partial charge on any atom is -0.468 e. The first-order valence-electron chi connectivity index (χ1n) is 5.37. The second kappa shape index (κ2) is 4.93. The highest BCUT2D eigenvalue weighted by molar-refractivity contribution is 7.07. The summed E-state index contributed by atoms with van der Waals surface area (Å²) in [6, 6.07) is -0.105. The fraction of sp³-hybridized carbons (Fsp3) is 0.636. The van der Waals surface area contributed by atoms with Crippen LogP contribution in [0.1, 0.15) is 18.5 Å². The van der Waals surface area contributed by atoms with E-state index in [1.807, 2.05) is 22.8 Å². The molecule has 1 saturated carbocycles. The number of nitrogens with zero attached hydrogens (tertiary/aromatic N) is 2. The predicted octanol–water partition coefficient (Wildman–Crippen LogP) is 1.53. The molecule has 0 aliphatic heterocycles. The molecule has 1 aromatic heterocycles. The highest BCUT2D eigenvalue weighted by Crippen LogP contribution is 2.35. The molecule has 4 nitrogen and oxygen atoms in total. The zero-order chi connectivity index (χ0) is 11.5. The van der Waals surface area contributed by atoms with Gasteiger partial charge in [0.15, 0.2) is 0 Å². The number of aromatic nitrogens is 1. The number of likely N-dealkylation sites (N-methyl/N-ethyl adjacent to an activating group) is 1. The van der Waals surface area contributed by atoms with Gasteiger partial charge in [-0.1, -0.05) is 0 Å². The molecule has 0 saturated heterocycles. The molecule has 1 atom stereocenters. The third-order valence-corrected chi connectivity index (χ3v) is 3.52. The Bertz CT molecular complexity index is 349. The van der Waals surface area contributed by atoms with Crippen LogP contribution in [0.3, 0.4) is 0 Å². The number of esters is 1. The number of ether oxygens (including phenoxy) is 1. The summed E-state index contributed by atoms with van der Waals surface area (Å²) >= 11 is 1.58. The number of hydrogen-bond acceptors (Lipinski definition) is 5. The molecule has 1 unspecified atom stereocenters. The van der Waals surface area contributed by atoms with Gasteiger partial charge < -0.3 is 4.74 Å². The summed E-state index contributed by atoms with van der Waals surface area (Å²) < 4.78 is 4.86. The molecular formula is C11H16N2O2S. The molecule has 0 spiro atoms. The average Bonchev–Trinajstić information content (AvgIpc) is 2.96. The van der Waals surface area contributed by atoms with Gasteiger partial charge in [0.1, 0.15) is 6.04 Å². The normalized spacial score (nSPS) is 17.4. The van der Waals surface area contributed by atoms with Gasteiger partial charge in [0, 0.05) is 11.9 Å². The van der Waals surface area contributed by atoms with E-state index < -0.39 is 0 Å². The summed E-state index contributed by atoms with van der Waals surface area (Å²) in [6.07, 6.45) is 2.25. The molecule has 1 aromatic rings. The first-order valence-corrected chi connectivity index (χ1v) is 6.31. The van der Waals surface area contributed by atoms with E-state index >= 15 is 0 Å². The Hall–Kier alpha value is -0.940. The van der Waals surface area contributed by atoms with Crippen molar-refractivity contribution in [1.82, 2.24) is 9.88 Å². The molecule has 0 bridgehead atoms. The zero-order valence-electron chi connectivity index (χ0n) is 9.55. The highest BCUT2D eigenvalue weighted by atomic mass is 32.1. The van der Waals surface area contributed by atoms with E-state index in [-0.39, 0.29) is 12.0 Å². The smallest absolute Gasteiger partial charge is 0.323 e. The fourth-order valence-electron chi connectivity index (χ4n) is 1.93. The maximum atomic E-state index is 11.7. The number of hydrogen-bond donors (Lipinski definition) is 0. The Morgan fingerprint density at radius 2 is 2.50 bits per heavy atom. The predicted molar refractivity (Wildman–Crippen MR) is 62.1 cm³/mol. The molecule has 1 aliphatic rings. The third-order valence-electron chi connectivity index (χ3n) is 2.88. The first-order chi connectivity index (χ1) is 7.72. The largest absolute Gasteiger partial charge is 0.468 e. The van der Waals surface area contributed by atoms with Crippen LogP contribution in [0.15, 0.2) is 10.9 Å². The molecule has 0 amide bonds. The summed E-state index contributed by atoms with van der Waals surface area (Å²) in [5.41, 5.74) is 2.83. The maximum Gasteiger partial charge on any atom is 0.323 e. The minimum absolute atomic E-state index is 0.105. The molecule has 2 rings (SSSR count). The number of thiazole rings is 1. The second-order valence-corrected chi connectivity index (χ2v) is 4.92. The van der Waals surface area contributed by atoms with Gasteiger partial charge in [-0.05, 0) is 25.8 Å². The lowest BCUT2D eigenvalue weighted by atomic mass is 10.1. The third kappa shape index (κ3) is 2.59. The lowest BCUT2D eigenvalue weighted by Gasteiger charge is -2.24. The van der Waals surface area contributed by atoms with Crippen LogP contribution < -0.4 is 0 Å². The van der Waals surface area contributed by atoms with E-state index in [2.05, 4.69) is 4.98 Å². The monoisotopic (exact) mass is 240 g/mol. The quantitative estimate of drug-likeness (QED) is 0.732. The van der Waals surface area contributed by atoms with E-state index in [9.17, 15) is 4.79 Å². The van der Waals surface area contributed by atoms with E-state index in [0.717, 1.165) is 18.5 Å². The van der Waals surface area contributed by atoms with Gasteiger partial charge >= 0.3 is 5.97 Å². The zero-order valence-corrected chi connectivity index (χ0v) is 10.4. The average molecular weight is 240 g/mol. The van der Waals surface area contributed by atoms with E-state index in [1.165, 1.54) is 7.11 Å². The van der Waals surface area contributed by atoms with Crippen LogP contribution in [-0.2, 0) is 16.1 Å². The van der Waals surface area contributed by atoms with Crippen molar-refractivity contribution in [3.05, 3.63) is 16.6 Å². The van der Waals surface area contributed by atoms with Crippen LogP contribution in [0, 0.1) is 5.92 Å². The molecule has 1 fully saturated rings. The maximum absolute atomic E-state index is 11.7.